The first-order valence-corrected chi connectivity index (χ1v) is 8.93. The second-order valence-corrected chi connectivity index (χ2v) is 6.69. The third-order valence-electron chi connectivity index (χ3n) is 4.44. The fourth-order valence-corrected chi connectivity index (χ4v) is 3.18. The van der Waals surface area contributed by atoms with Crippen molar-refractivity contribution in [3.8, 4) is 5.75 Å². The van der Waals surface area contributed by atoms with Crippen molar-refractivity contribution in [2.45, 2.75) is 26.3 Å². The molecule has 0 spiro atoms. The molecule has 0 radical (unpaired) electrons. The highest BCUT2D eigenvalue weighted by atomic mass is 16.5. The highest BCUT2D eigenvalue weighted by Crippen LogP contribution is 2.33. The fraction of sp³-hybridized carbons (Fsp3) is 0.333. The first kappa shape index (κ1) is 18.9. The minimum absolute atomic E-state index is 0.206. The Labute approximate surface area is 158 Å². The number of aromatic carboxylic acids is 1. The van der Waals surface area contributed by atoms with Gasteiger partial charge in [0.25, 0.3) is 0 Å². The largest absolute Gasteiger partial charge is 0.491 e. The van der Waals surface area contributed by atoms with Crippen LogP contribution in [0.2, 0.25) is 0 Å². The number of ether oxygens (including phenoxy) is 2. The molecule has 3 aromatic rings. The summed E-state index contributed by atoms with van der Waals surface area (Å²) in [7, 11) is 1.63. The van der Waals surface area contributed by atoms with Crippen molar-refractivity contribution in [1.82, 2.24) is 9.55 Å². The zero-order valence-corrected chi connectivity index (χ0v) is 15.8. The maximum atomic E-state index is 11.9. The molecule has 0 saturated heterocycles. The molecule has 0 fully saturated rings. The predicted octanol–water partition coefficient (Wildman–Crippen LogP) is 3.93. The predicted molar refractivity (Wildman–Crippen MR) is 104 cm³/mol. The van der Waals surface area contributed by atoms with Gasteiger partial charge in [0.2, 0.25) is 0 Å². The van der Waals surface area contributed by atoms with Gasteiger partial charge < -0.3 is 19.1 Å². The van der Waals surface area contributed by atoms with E-state index in [1.54, 1.807) is 19.4 Å². The number of fused-ring (bicyclic) bond motifs is 1. The number of pyridine rings is 1. The number of carbonyl (C=O) groups is 1. The van der Waals surface area contributed by atoms with Crippen molar-refractivity contribution < 1.29 is 19.4 Å². The van der Waals surface area contributed by atoms with Gasteiger partial charge in [-0.15, -0.1) is 0 Å². The molecule has 2 heterocycles. The van der Waals surface area contributed by atoms with E-state index in [0.29, 0.717) is 19.8 Å². The molecule has 0 saturated carbocycles. The normalized spacial score (nSPS) is 11.3. The van der Waals surface area contributed by atoms with Gasteiger partial charge in [-0.2, -0.15) is 0 Å². The second-order valence-electron chi connectivity index (χ2n) is 6.69. The summed E-state index contributed by atoms with van der Waals surface area (Å²) < 4.78 is 12.6. The van der Waals surface area contributed by atoms with Gasteiger partial charge in [0.05, 0.1) is 24.4 Å². The lowest BCUT2D eigenvalue weighted by Gasteiger charge is -2.16. The summed E-state index contributed by atoms with van der Waals surface area (Å²) in [6.45, 7) is 5.52. The summed E-state index contributed by atoms with van der Waals surface area (Å²) in [5.74, 6) is -0.0358. The van der Waals surface area contributed by atoms with Crippen LogP contribution in [0.3, 0.4) is 0 Å². The number of aromatic nitrogens is 2. The minimum Gasteiger partial charge on any atom is -0.491 e. The zero-order chi connectivity index (χ0) is 19.4. The number of carboxylic acid groups (broad SMARTS) is 1. The van der Waals surface area contributed by atoms with Gasteiger partial charge in [-0.25, -0.2) is 4.79 Å². The summed E-state index contributed by atoms with van der Waals surface area (Å²) in [5, 5.41) is 10.6. The van der Waals surface area contributed by atoms with Crippen LogP contribution >= 0.6 is 0 Å². The van der Waals surface area contributed by atoms with Crippen LogP contribution < -0.4 is 4.74 Å². The first-order valence-electron chi connectivity index (χ1n) is 8.93. The molecule has 2 aromatic heterocycles. The van der Waals surface area contributed by atoms with Crippen LogP contribution in [0.4, 0.5) is 0 Å². The molecular formula is C21H24N2O4. The Morgan fingerprint density at radius 2 is 2.04 bits per heavy atom. The van der Waals surface area contributed by atoms with E-state index in [1.807, 2.05) is 34.9 Å². The van der Waals surface area contributed by atoms with Crippen LogP contribution in [0, 0.1) is 0 Å². The zero-order valence-electron chi connectivity index (χ0n) is 15.8. The molecule has 1 aromatic carbocycles. The molecular weight excluding hydrogens is 344 g/mol. The van der Waals surface area contributed by atoms with Crippen molar-refractivity contribution >= 4 is 16.9 Å². The van der Waals surface area contributed by atoms with Crippen LogP contribution in [0.1, 0.15) is 41.5 Å². The number of hydrogen-bond donors (Lipinski definition) is 1. The molecule has 6 nitrogen and oxygen atoms in total. The molecule has 0 atom stereocenters. The van der Waals surface area contributed by atoms with E-state index in [2.05, 4.69) is 18.8 Å². The Balaban J connectivity index is 2.14. The standard InChI is InChI=1S/C21H24N2O4/c1-14(2)18-12-17(27-9-8-26-3)10-15-11-19(21(24)25)23(20(15)18)13-16-6-4-5-7-22-16/h4-7,10-12,14H,8-9,13H2,1-3H3,(H,24,25). The summed E-state index contributed by atoms with van der Waals surface area (Å²) in [6.07, 6.45) is 1.71. The van der Waals surface area contributed by atoms with Crippen molar-refractivity contribution in [3.63, 3.8) is 0 Å². The van der Waals surface area contributed by atoms with Crippen LogP contribution in [0.5, 0.6) is 5.75 Å². The molecule has 3 rings (SSSR count). The molecule has 0 aliphatic rings. The van der Waals surface area contributed by atoms with Crippen molar-refractivity contribution in [1.29, 1.82) is 0 Å². The van der Waals surface area contributed by atoms with Gasteiger partial charge in [-0.05, 0) is 41.8 Å². The third kappa shape index (κ3) is 4.11. The Bertz CT molecular complexity index is 932. The molecule has 0 unspecified atom stereocenters. The fourth-order valence-electron chi connectivity index (χ4n) is 3.18. The molecule has 27 heavy (non-hydrogen) atoms. The Morgan fingerprint density at radius 3 is 2.67 bits per heavy atom. The minimum atomic E-state index is -0.960. The van der Waals surface area contributed by atoms with Gasteiger partial charge >= 0.3 is 5.97 Å². The van der Waals surface area contributed by atoms with Crippen LogP contribution in [0.15, 0.2) is 42.6 Å². The monoisotopic (exact) mass is 368 g/mol. The summed E-state index contributed by atoms with van der Waals surface area (Å²) >= 11 is 0. The van der Waals surface area contributed by atoms with Gasteiger partial charge in [0, 0.05) is 18.7 Å². The van der Waals surface area contributed by atoms with Gasteiger partial charge in [-0.1, -0.05) is 19.9 Å². The van der Waals surface area contributed by atoms with E-state index >= 15 is 0 Å². The number of benzene rings is 1. The highest BCUT2D eigenvalue weighted by molar-refractivity contribution is 5.96. The summed E-state index contributed by atoms with van der Waals surface area (Å²) in [5.41, 5.74) is 3.01. The first-order chi connectivity index (χ1) is 13.0. The smallest absolute Gasteiger partial charge is 0.352 e. The molecule has 0 aliphatic heterocycles. The number of nitrogens with zero attached hydrogens (tertiary/aromatic N) is 2. The van der Waals surface area contributed by atoms with E-state index in [4.69, 9.17) is 9.47 Å². The second kappa shape index (κ2) is 8.22. The molecule has 0 aliphatic carbocycles. The Morgan fingerprint density at radius 1 is 1.22 bits per heavy atom. The van der Waals surface area contributed by atoms with E-state index in [0.717, 1.165) is 27.9 Å². The van der Waals surface area contributed by atoms with Crippen LogP contribution in [0.25, 0.3) is 10.9 Å². The number of methoxy groups -OCH3 is 1. The van der Waals surface area contributed by atoms with Crippen molar-refractivity contribution in [2.75, 3.05) is 20.3 Å². The van der Waals surface area contributed by atoms with Crippen LogP contribution in [-0.2, 0) is 11.3 Å². The number of carboxylic acids is 1. The van der Waals surface area contributed by atoms with Crippen LogP contribution in [-0.4, -0.2) is 41.0 Å². The molecule has 6 heteroatoms. The maximum Gasteiger partial charge on any atom is 0.352 e. The number of hydrogen-bond acceptors (Lipinski definition) is 4. The maximum absolute atomic E-state index is 11.9. The lowest BCUT2D eigenvalue weighted by atomic mass is 10.00. The van der Waals surface area contributed by atoms with Gasteiger partial charge in [-0.3, -0.25) is 4.98 Å². The average Bonchev–Trinajstić information content (AvgIpc) is 3.01. The summed E-state index contributed by atoms with van der Waals surface area (Å²) in [6, 6.07) is 11.2. The van der Waals surface area contributed by atoms with Gasteiger partial charge in [0.15, 0.2) is 0 Å². The molecule has 1 N–H and O–H groups in total. The van der Waals surface area contributed by atoms with E-state index in [9.17, 15) is 9.90 Å². The quantitative estimate of drug-likeness (QED) is 0.610. The topological polar surface area (TPSA) is 73.6 Å². The lowest BCUT2D eigenvalue weighted by Crippen LogP contribution is -2.11. The SMILES string of the molecule is COCCOc1cc(C(C)C)c2c(c1)cc(C(=O)O)n2Cc1ccccn1. The van der Waals surface area contributed by atoms with E-state index in [-0.39, 0.29) is 11.6 Å². The molecule has 0 amide bonds. The van der Waals surface area contributed by atoms with Crippen molar-refractivity contribution in [3.05, 3.63) is 59.5 Å². The lowest BCUT2D eigenvalue weighted by molar-refractivity contribution is 0.0686. The third-order valence-corrected chi connectivity index (χ3v) is 4.44. The van der Waals surface area contributed by atoms with Gasteiger partial charge in [0.1, 0.15) is 18.1 Å². The average molecular weight is 368 g/mol. The summed E-state index contributed by atoms with van der Waals surface area (Å²) in [4.78, 5) is 16.2. The molecule has 142 valence electrons. The van der Waals surface area contributed by atoms with E-state index < -0.39 is 5.97 Å². The van der Waals surface area contributed by atoms with Crippen molar-refractivity contribution in [2.24, 2.45) is 0 Å². The Kier molecular flexibility index (Phi) is 5.76. The highest BCUT2D eigenvalue weighted by Gasteiger charge is 2.20. The Hall–Kier alpha value is -2.86. The van der Waals surface area contributed by atoms with E-state index in [1.165, 1.54) is 0 Å². The number of rotatable bonds is 8. The molecule has 0 bridgehead atoms.